The number of carbonyl (C=O) groups excluding carboxylic acids is 1. The number of carbonyl (C=O) groups is 1. The Morgan fingerprint density at radius 1 is 1.07 bits per heavy atom. The van der Waals surface area contributed by atoms with Crippen molar-refractivity contribution < 1.29 is 22.7 Å². The molecule has 0 radical (unpaired) electrons. The van der Waals surface area contributed by atoms with Crippen LogP contribution >= 0.6 is 0 Å². The molecule has 0 bridgehead atoms. The molecule has 0 aliphatic heterocycles. The molecule has 0 unspecified atom stereocenters. The second-order valence-corrected chi connectivity index (χ2v) is 6.24. The van der Waals surface area contributed by atoms with Crippen LogP contribution in [0.25, 0.3) is 10.9 Å². The van der Waals surface area contributed by atoms with Gasteiger partial charge in [0, 0.05) is 34.4 Å². The zero-order chi connectivity index (χ0) is 19.0. The van der Waals surface area contributed by atoms with Gasteiger partial charge in [-0.05, 0) is 36.6 Å². The number of H-pyrrole nitrogens is 1. The molecular formula is C20H15F3N2O2. The Morgan fingerprint density at radius 3 is 2.70 bits per heavy atom. The summed E-state index contributed by atoms with van der Waals surface area (Å²) >= 11 is 0. The van der Waals surface area contributed by atoms with E-state index in [1.807, 2.05) is 24.3 Å². The summed E-state index contributed by atoms with van der Waals surface area (Å²) < 4.78 is 40.9. The minimum Gasteiger partial charge on any atom is -0.406 e. The van der Waals surface area contributed by atoms with Crippen LogP contribution in [0.1, 0.15) is 22.5 Å². The molecule has 2 N–H and O–H groups in total. The largest absolute Gasteiger partial charge is 0.573 e. The van der Waals surface area contributed by atoms with E-state index in [9.17, 15) is 18.0 Å². The van der Waals surface area contributed by atoms with Crippen LogP contribution in [0.5, 0.6) is 5.75 Å². The summed E-state index contributed by atoms with van der Waals surface area (Å²) in [7, 11) is 0. The third-order valence-corrected chi connectivity index (χ3v) is 4.46. The Kier molecular flexibility index (Phi) is 4.14. The second-order valence-electron chi connectivity index (χ2n) is 6.24. The van der Waals surface area contributed by atoms with E-state index in [-0.39, 0.29) is 11.5 Å². The molecule has 1 heterocycles. The van der Waals surface area contributed by atoms with Gasteiger partial charge in [-0.2, -0.15) is 0 Å². The minimum atomic E-state index is -4.75. The summed E-state index contributed by atoms with van der Waals surface area (Å²) in [6.07, 6.45) is -1.93. The number of benzene rings is 2. The maximum Gasteiger partial charge on any atom is 0.573 e. The van der Waals surface area contributed by atoms with Gasteiger partial charge >= 0.3 is 6.36 Å². The topological polar surface area (TPSA) is 54.1 Å². The highest BCUT2D eigenvalue weighted by Crippen LogP contribution is 2.31. The first-order valence-electron chi connectivity index (χ1n) is 8.36. The van der Waals surface area contributed by atoms with Gasteiger partial charge in [0.25, 0.3) is 0 Å². The number of halogens is 3. The smallest absolute Gasteiger partial charge is 0.406 e. The highest BCUT2D eigenvalue weighted by molar-refractivity contribution is 6.13. The van der Waals surface area contributed by atoms with E-state index in [0.717, 1.165) is 22.9 Å². The number of anilines is 1. The maximum absolute atomic E-state index is 12.7. The minimum absolute atomic E-state index is 0.109. The van der Waals surface area contributed by atoms with Crippen molar-refractivity contribution in [1.82, 2.24) is 4.98 Å². The Balaban J connectivity index is 1.55. The number of aryl methyl sites for hydroxylation is 1. The number of nitrogens with one attached hydrogen (secondary N) is 2. The zero-order valence-electron chi connectivity index (χ0n) is 14.1. The molecule has 0 atom stereocenters. The summed E-state index contributed by atoms with van der Waals surface area (Å²) in [5, 5.41) is 3.94. The Morgan fingerprint density at radius 2 is 1.89 bits per heavy atom. The van der Waals surface area contributed by atoms with Crippen molar-refractivity contribution in [2.45, 2.75) is 19.2 Å². The van der Waals surface area contributed by atoms with Crippen LogP contribution in [0, 0.1) is 0 Å². The lowest BCUT2D eigenvalue weighted by atomic mass is 9.91. The highest BCUT2D eigenvalue weighted by atomic mass is 19.4. The van der Waals surface area contributed by atoms with Gasteiger partial charge in [0.05, 0.1) is 5.69 Å². The van der Waals surface area contributed by atoms with Crippen molar-refractivity contribution in [3.8, 4) is 5.75 Å². The number of fused-ring (bicyclic) bond motifs is 3. The van der Waals surface area contributed by atoms with Crippen LogP contribution in [0.3, 0.4) is 0 Å². The quantitative estimate of drug-likeness (QED) is 0.622. The summed E-state index contributed by atoms with van der Waals surface area (Å²) in [6.45, 7) is 0. The van der Waals surface area contributed by atoms with Crippen LogP contribution in [-0.4, -0.2) is 17.1 Å². The monoisotopic (exact) mass is 372 g/mol. The van der Waals surface area contributed by atoms with Gasteiger partial charge in [-0.1, -0.05) is 24.3 Å². The summed E-state index contributed by atoms with van der Waals surface area (Å²) in [6, 6.07) is 13.2. The number of hydrogen-bond donors (Lipinski definition) is 2. The molecule has 138 valence electrons. The lowest BCUT2D eigenvalue weighted by Crippen LogP contribution is -2.17. The molecule has 4 rings (SSSR count). The number of hydrogen-bond acceptors (Lipinski definition) is 3. The van der Waals surface area contributed by atoms with Gasteiger partial charge in [0.15, 0.2) is 0 Å². The number of aromatic nitrogens is 1. The van der Waals surface area contributed by atoms with Crippen molar-refractivity contribution >= 4 is 22.4 Å². The van der Waals surface area contributed by atoms with E-state index in [2.05, 4.69) is 15.0 Å². The van der Waals surface area contributed by atoms with Gasteiger partial charge in [0.2, 0.25) is 5.78 Å². The number of para-hydroxylation sites is 1. The number of alkyl halides is 3. The molecule has 7 heteroatoms. The van der Waals surface area contributed by atoms with E-state index in [1.54, 1.807) is 12.3 Å². The summed E-state index contributed by atoms with van der Waals surface area (Å²) in [4.78, 5) is 15.9. The number of aromatic amines is 1. The molecule has 27 heavy (non-hydrogen) atoms. The molecule has 0 spiro atoms. The molecule has 0 saturated heterocycles. The Labute approximate surface area is 152 Å². The van der Waals surface area contributed by atoms with Crippen LogP contribution in [-0.2, 0) is 6.42 Å². The van der Waals surface area contributed by atoms with E-state index >= 15 is 0 Å². The van der Waals surface area contributed by atoms with Crippen LogP contribution in [0.2, 0.25) is 0 Å². The lowest BCUT2D eigenvalue weighted by molar-refractivity contribution is -0.274. The molecule has 2 aromatic carbocycles. The first kappa shape index (κ1) is 17.2. The number of rotatable bonds is 3. The second kappa shape index (κ2) is 6.50. The average Bonchev–Trinajstić information content (AvgIpc) is 3.00. The highest BCUT2D eigenvalue weighted by Gasteiger charge is 2.31. The molecule has 1 aliphatic carbocycles. The van der Waals surface area contributed by atoms with Crippen molar-refractivity contribution in [2.75, 3.05) is 5.32 Å². The van der Waals surface area contributed by atoms with E-state index in [0.29, 0.717) is 23.4 Å². The number of Topliss-reactive ketones (excluding diaryl/α,β-unsaturated/α-hetero) is 1. The predicted octanol–water partition coefficient (Wildman–Crippen LogP) is 5.19. The maximum atomic E-state index is 12.7. The summed E-state index contributed by atoms with van der Waals surface area (Å²) in [5.41, 5.74) is 3.47. The van der Waals surface area contributed by atoms with Crippen LogP contribution in [0.15, 0.2) is 60.3 Å². The van der Waals surface area contributed by atoms with Crippen molar-refractivity contribution in [1.29, 1.82) is 0 Å². The van der Waals surface area contributed by atoms with Gasteiger partial charge in [-0.3, -0.25) is 4.79 Å². The van der Waals surface area contributed by atoms with E-state index in [4.69, 9.17) is 0 Å². The van der Waals surface area contributed by atoms with Gasteiger partial charge < -0.3 is 15.0 Å². The molecule has 0 amide bonds. The Bertz CT molecular complexity index is 1050. The molecule has 1 aliphatic rings. The Hall–Kier alpha value is -3.22. The van der Waals surface area contributed by atoms with Crippen molar-refractivity contribution in [3.63, 3.8) is 0 Å². The van der Waals surface area contributed by atoms with E-state index in [1.165, 1.54) is 18.2 Å². The molecule has 4 nitrogen and oxygen atoms in total. The van der Waals surface area contributed by atoms with Gasteiger partial charge in [-0.25, -0.2) is 0 Å². The van der Waals surface area contributed by atoms with Crippen LogP contribution in [0.4, 0.5) is 18.9 Å². The normalized spacial score (nSPS) is 15.8. The standard InChI is InChI=1S/C20H15F3N2O2/c21-20(22,23)27-14-5-3-4-13(10-14)24-11-12-8-9-16-15-6-1-2-7-17(15)25-18(16)19(12)26/h1-7,10-11,24-25H,8-9H2/b12-11+. The first-order valence-corrected chi connectivity index (χ1v) is 8.36. The molecule has 1 aromatic heterocycles. The zero-order valence-corrected chi connectivity index (χ0v) is 14.1. The third-order valence-electron chi connectivity index (χ3n) is 4.46. The van der Waals surface area contributed by atoms with Gasteiger partial charge in [-0.15, -0.1) is 13.2 Å². The average molecular weight is 372 g/mol. The van der Waals surface area contributed by atoms with Crippen molar-refractivity contribution in [2.24, 2.45) is 0 Å². The summed E-state index contributed by atoms with van der Waals surface area (Å²) in [5.74, 6) is -0.429. The van der Waals surface area contributed by atoms with Gasteiger partial charge in [0.1, 0.15) is 5.75 Å². The number of ether oxygens (including phenoxy) is 1. The van der Waals surface area contributed by atoms with Crippen LogP contribution < -0.4 is 10.1 Å². The number of ketones is 1. The lowest BCUT2D eigenvalue weighted by Gasteiger charge is -2.15. The molecular weight excluding hydrogens is 357 g/mol. The first-order chi connectivity index (χ1) is 12.9. The molecule has 0 fully saturated rings. The predicted molar refractivity (Wildman–Crippen MR) is 95.8 cm³/mol. The number of allylic oxidation sites excluding steroid dienone is 1. The van der Waals surface area contributed by atoms with Crippen molar-refractivity contribution in [3.05, 3.63) is 71.6 Å². The third kappa shape index (κ3) is 3.53. The SMILES string of the molecule is O=C1/C(=C/Nc2cccc(OC(F)(F)F)c2)CCc2c1[nH]c1ccccc21. The fourth-order valence-corrected chi connectivity index (χ4v) is 3.28. The van der Waals surface area contributed by atoms with E-state index < -0.39 is 6.36 Å². The fourth-order valence-electron chi connectivity index (χ4n) is 3.28. The molecule has 0 saturated carbocycles. The fraction of sp³-hybridized carbons (Fsp3) is 0.150. The molecule has 3 aromatic rings.